The van der Waals surface area contributed by atoms with Crippen LogP contribution in [0.2, 0.25) is 0 Å². The Morgan fingerprint density at radius 1 is 1.33 bits per heavy atom. The van der Waals surface area contributed by atoms with Gasteiger partial charge < -0.3 is 15.0 Å². The topological polar surface area (TPSA) is 24.5 Å². The van der Waals surface area contributed by atoms with E-state index in [9.17, 15) is 0 Å². The maximum absolute atomic E-state index is 5.50. The van der Waals surface area contributed by atoms with E-state index in [1.807, 2.05) is 0 Å². The van der Waals surface area contributed by atoms with E-state index >= 15 is 0 Å². The summed E-state index contributed by atoms with van der Waals surface area (Å²) >= 11 is 0. The van der Waals surface area contributed by atoms with Gasteiger partial charge in [0.05, 0.1) is 6.61 Å². The Hall–Kier alpha value is -0.900. The van der Waals surface area contributed by atoms with Crippen molar-refractivity contribution in [3.63, 3.8) is 0 Å². The maximum Gasteiger partial charge on any atom is 0.0619 e. The van der Waals surface area contributed by atoms with Crippen molar-refractivity contribution in [3.05, 3.63) is 35.9 Å². The molecule has 18 heavy (non-hydrogen) atoms. The van der Waals surface area contributed by atoms with E-state index in [-0.39, 0.29) is 0 Å². The Labute approximate surface area is 110 Å². The first-order chi connectivity index (χ1) is 8.77. The molecular weight excluding hydrogens is 224 g/mol. The SMILES string of the molecule is CN(C)C(CNC1CCCOC1)c1ccccc1. The Morgan fingerprint density at radius 3 is 2.72 bits per heavy atom. The third-order valence-corrected chi connectivity index (χ3v) is 3.57. The molecule has 3 nitrogen and oxygen atoms in total. The minimum atomic E-state index is 0.424. The minimum absolute atomic E-state index is 0.424. The summed E-state index contributed by atoms with van der Waals surface area (Å²) in [6.45, 7) is 2.76. The number of ether oxygens (including phenoxy) is 1. The van der Waals surface area contributed by atoms with Crippen LogP contribution < -0.4 is 5.32 Å². The second kappa shape index (κ2) is 6.88. The fourth-order valence-corrected chi connectivity index (χ4v) is 2.45. The fraction of sp³-hybridized carbons (Fsp3) is 0.600. The molecule has 2 rings (SSSR count). The van der Waals surface area contributed by atoms with Crippen molar-refractivity contribution >= 4 is 0 Å². The number of hydrogen-bond donors (Lipinski definition) is 1. The lowest BCUT2D eigenvalue weighted by molar-refractivity contribution is 0.0680. The minimum Gasteiger partial charge on any atom is -0.380 e. The van der Waals surface area contributed by atoms with Crippen molar-refractivity contribution in [2.75, 3.05) is 33.9 Å². The number of nitrogens with one attached hydrogen (secondary N) is 1. The quantitative estimate of drug-likeness (QED) is 0.863. The summed E-state index contributed by atoms with van der Waals surface area (Å²) in [6, 6.07) is 11.6. The Bertz CT molecular complexity index is 334. The molecule has 0 aliphatic carbocycles. The molecule has 1 fully saturated rings. The van der Waals surface area contributed by atoms with Crippen molar-refractivity contribution in [2.24, 2.45) is 0 Å². The van der Waals surface area contributed by atoms with Crippen molar-refractivity contribution < 1.29 is 4.74 Å². The number of benzene rings is 1. The molecule has 1 aromatic carbocycles. The Kier molecular flexibility index (Phi) is 5.17. The molecule has 1 heterocycles. The van der Waals surface area contributed by atoms with Crippen molar-refractivity contribution in [1.29, 1.82) is 0 Å². The van der Waals surface area contributed by atoms with E-state index in [0.717, 1.165) is 19.8 Å². The van der Waals surface area contributed by atoms with E-state index in [4.69, 9.17) is 4.74 Å². The summed E-state index contributed by atoms with van der Waals surface area (Å²) < 4.78 is 5.50. The van der Waals surface area contributed by atoms with E-state index in [1.54, 1.807) is 0 Å². The van der Waals surface area contributed by atoms with Crippen LogP contribution >= 0.6 is 0 Å². The summed E-state index contributed by atoms with van der Waals surface area (Å²) in [5, 5.41) is 3.63. The molecule has 1 aliphatic heterocycles. The van der Waals surface area contributed by atoms with Gasteiger partial charge in [0.15, 0.2) is 0 Å². The predicted octanol–water partition coefficient (Wildman–Crippen LogP) is 2.06. The van der Waals surface area contributed by atoms with Gasteiger partial charge in [-0.05, 0) is 32.5 Å². The van der Waals surface area contributed by atoms with Gasteiger partial charge in [0.25, 0.3) is 0 Å². The molecule has 0 bridgehead atoms. The monoisotopic (exact) mass is 248 g/mol. The van der Waals surface area contributed by atoms with Gasteiger partial charge in [-0.3, -0.25) is 0 Å². The molecule has 3 heteroatoms. The molecule has 0 amide bonds. The van der Waals surface area contributed by atoms with Gasteiger partial charge in [-0.25, -0.2) is 0 Å². The zero-order chi connectivity index (χ0) is 12.8. The van der Waals surface area contributed by atoms with Crippen LogP contribution in [0.5, 0.6) is 0 Å². The molecule has 2 unspecified atom stereocenters. The summed E-state index contributed by atoms with van der Waals surface area (Å²) in [7, 11) is 4.27. The maximum atomic E-state index is 5.50. The largest absolute Gasteiger partial charge is 0.380 e. The van der Waals surface area contributed by atoms with E-state index in [2.05, 4.69) is 54.6 Å². The van der Waals surface area contributed by atoms with Crippen LogP contribution in [0.3, 0.4) is 0 Å². The van der Waals surface area contributed by atoms with Crippen molar-refractivity contribution in [1.82, 2.24) is 10.2 Å². The smallest absolute Gasteiger partial charge is 0.0619 e. The fourth-order valence-electron chi connectivity index (χ4n) is 2.45. The molecule has 2 atom stereocenters. The lowest BCUT2D eigenvalue weighted by atomic mass is 10.0. The average Bonchev–Trinajstić information content (AvgIpc) is 2.41. The summed E-state index contributed by atoms with van der Waals surface area (Å²) in [5.41, 5.74) is 1.37. The molecule has 1 aliphatic rings. The number of rotatable bonds is 5. The number of nitrogens with zero attached hydrogens (tertiary/aromatic N) is 1. The zero-order valence-corrected chi connectivity index (χ0v) is 11.4. The highest BCUT2D eigenvalue weighted by molar-refractivity contribution is 5.19. The lowest BCUT2D eigenvalue weighted by Gasteiger charge is -2.29. The average molecular weight is 248 g/mol. The normalized spacial score (nSPS) is 22.1. The van der Waals surface area contributed by atoms with Crippen molar-refractivity contribution in [3.8, 4) is 0 Å². The highest BCUT2D eigenvalue weighted by Crippen LogP contribution is 2.17. The highest BCUT2D eigenvalue weighted by atomic mass is 16.5. The van der Waals surface area contributed by atoms with Crippen LogP contribution in [-0.2, 0) is 4.74 Å². The first-order valence-electron chi connectivity index (χ1n) is 6.80. The Balaban J connectivity index is 1.90. The molecule has 100 valence electrons. The molecule has 1 saturated heterocycles. The van der Waals surface area contributed by atoms with Crippen LogP contribution in [0, 0.1) is 0 Å². The molecule has 1 aromatic rings. The highest BCUT2D eigenvalue weighted by Gasteiger charge is 2.18. The predicted molar refractivity (Wildman–Crippen MR) is 74.7 cm³/mol. The van der Waals surface area contributed by atoms with Crippen LogP contribution in [0.25, 0.3) is 0 Å². The van der Waals surface area contributed by atoms with E-state index in [0.29, 0.717) is 12.1 Å². The van der Waals surface area contributed by atoms with Gasteiger partial charge in [-0.1, -0.05) is 30.3 Å². The number of hydrogen-bond acceptors (Lipinski definition) is 3. The van der Waals surface area contributed by atoms with E-state index in [1.165, 1.54) is 18.4 Å². The van der Waals surface area contributed by atoms with Gasteiger partial charge in [0.2, 0.25) is 0 Å². The van der Waals surface area contributed by atoms with Crippen LogP contribution in [0.15, 0.2) is 30.3 Å². The van der Waals surface area contributed by atoms with Gasteiger partial charge in [0, 0.05) is 25.2 Å². The standard InChI is InChI=1S/C15H24N2O/c1-17(2)15(13-7-4-3-5-8-13)11-16-14-9-6-10-18-12-14/h3-5,7-8,14-16H,6,9-12H2,1-2H3. The van der Waals surface area contributed by atoms with Crippen LogP contribution in [0.4, 0.5) is 0 Å². The van der Waals surface area contributed by atoms with Gasteiger partial charge >= 0.3 is 0 Å². The molecule has 0 saturated carbocycles. The Morgan fingerprint density at radius 2 is 2.11 bits per heavy atom. The second-order valence-corrected chi connectivity index (χ2v) is 5.21. The first kappa shape index (κ1) is 13.5. The first-order valence-corrected chi connectivity index (χ1v) is 6.80. The van der Waals surface area contributed by atoms with Crippen LogP contribution in [0.1, 0.15) is 24.4 Å². The second-order valence-electron chi connectivity index (χ2n) is 5.21. The van der Waals surface area contributed by atoms with Gasteiger partial charge in [0.1, 0.15) is 0 Å². The van der Waals surface area contributed by atoms with Gasteiger partial charge in [-0.15, -0.1) is 0 Å². The summed E-state index contributed by atoms with van der Waals surface area (Å²) in [6.07, 6.45) is 2.41. The molecule has 0 aromatic heterocycles. The van der Waals surface area contributed by atoms with Crippen LogP contribution in [-0.4, -0.2) is 44.8 Å². The van der Waals surface area contributed by atoms with E-state index < -0.39 is 0 Å². The lowest BCUT2D eigenvalue weighted by Crippen LogP contribution is -2.41. The molecule has 1 N–H and O–H groups in total. The third kappa shape index (κ3) is 3.80. The number of likely N-dealkylation sites (N-methyl/N-ethyl adjacent to an activating group) is 1. The van der Waals surface area contributed by atoms with Gasteiger partial charge in [-0.2, -0.15) is 0 Å². The third-order valence-electron chi connectivity index (χ3n) is 3.57. The molecule has 0 spiro atoms. The van der Waals surface area contributed by atoms with Crippen molar-refractivity contribution in [2.45, 2.75) is 24.9 Å². The summed E-state index contributed by atoms with van der Waals surface area (Å²) in [5.74, 6) is 0. The molecule has 0 radical (unpaired) electrons. The molecular formula is C15H24N2O. The zero-order valence-electron chi connectivity index (χ0n) is 11.4. The summed E-state index contributed by atoms with van der Waals surface area (Å²) in [4.78, 5) is 2.27.